The van der Waals surface area contributed by atoms with Gasteiger partial charge in [0, 0.05) is 24.2 Å². The van der Waals surface area contributed by atoms with E-state index in [-0.39, 0.29) is 11.6 Å². The fourth-order valence-electron chi connectivity index (χ4n) is 2.21. The highest BCUT2D eigenvalue weighted by Crippen LogP contribution is 2.25. The van der Waals surface area contributed by atoms with E-state index in [2.05, 4.69) is 20.2 Å². The normalized spacial score (nSPS) is 14.6. The van der Waals surface area contributed by atoms with Crippen molar-refractivity contribution in [3.05, 3.63) is 46.3 Å². The van der Waals surface area contributed by atoms with Gasteiger partial charge in [-0.3, -0.25) is 4.79 Å². The van der Waals surface area contributed by atoms with Crippen LogP contribution in [0, 0.1) is 0 Å². The first-order valence-corrected chi connectivity index (χ1v) is 7.80. The van der Waals surface area contributed by atoms with Gasteiger partial charge in [-0.2, -0.15) is 0 Å². The molecule has 1 amide bonds. The van der Waals surface area contributed by atoms with Crippen LogP contribution in [0.5, 0.6) is 0 Å². The molecule has 120 valence electrons. The number of nitrogens with zero attached hydrogens (tertiary/aromatic N) is 3. The van der Waals surface area contributed by atoms with Gasteiger partial charge in [-0.1, -0.05) is 23.2 Å². The van der Waals surface area contributed by atoms with Crippen molar-refractivity contribution in [3.63, 3.8) is 0 Å². The van der Waals surface area contributed by atoms with E-state index in [1.54, 1.807) is 24.3 Å². The van der Waals surface area contributed by atoms with Gasteiger partial charge in [-0.15, -0.1) is 0 Å². The Morgan fingerprint density at radius 1 is 1.17 bits per heavy atom. The summed E-state index contributed by atoms with van der Waals surface area (Å²) in [6.07, 6.45) is 1.38. The van der Waals surface area contributed by atoms with Crippen molar-refractivity contribution in [1.29, 1.82) is 0 Å². The van der Waals surface area contributed by atoms with Crippen molar-refractivity contribution in [2.75, 3.05) is 36.5 Å². The van der Waals surface area contributed by atoms with E-state index in [4.69, 9.17) is 27.9 Å². The largest absolute Gasteiger partial charge is 0.378 e. The van der Waals surface area contributed by atoms with Crippen LogP contribution in [-0.4, -0.2) is 42.2 Å². The maximum absolute atomic E-state index is 12.4. The number of carbonyl (C=O) groups is 1. The Morgan fingerprint density at radius 3 is 2.70 bits per heavy atom. The lowest BCUT2D eigenvalue weighted by Crippen LogP contribution is -2.37. The Kier molecular flexibility index (Phi) is 4.95. The molecule has 1 N–H and O–H groups in total. The molecule has 8 heteroatoms. The number of morpholine rings is 1. The second-order valence-electron chi connectivity index (χ2n) is 4.94. The number of aromatic nitrogens is 2. The highest BCUT2D eigenvalue weighted by Gasteiger charge is 2.16. The maximum Gasteiger partial charge on any atom is 0.274 e. The summed E-state index contributed by atoms with van der Waals surface area (Å²) in [4.78, 5) is 22.6. The molecule has 23 heavy (non-hydrogen) atoms. The Morgan fingerprint density at radius 2 is 1.96 bits per heavy atom. The molecule has 1 aliphatic heterocycles. The van der Waals surface area contributed by atoms with E-state index in [1.807, 2.05) is 0 Å². The first kappa shape index (κ1) is 16.0. The highest BCUT2D eigenvalue weighted by molar-refractivity contribution is 6.36. The molecule has 2 heterocycles. The molecule has 6 nitrogen and oxygen atoms in total. The van der Waals surface area contributed by atoms with Gasteiger partial charge in [-0.25, -0.2) is 9.97 Å². The number of benzene rings is 1. The third kappa shape index (κ3) is 3.90. The first-order valence-electron chi connectivity index (χ1n) is 7.04. The van der Waals surface area contributed by atoms with Gasteiger partial charge in [0.05, 0.1) is 23.9 Å². The van der Waals surface area contributed by atoms with E-state index in [9.17, 15) is 4.79 Å². The fourth-order valence-corrected chi connectivity index (χ4v) is 2.67. The van der Waals surface area contributed by atoms with E-state index >= 15 is 0 Å². The maximum atomic E-state index is 12.4. The molecule has 0 saturated carbocycles. The van der Waals surface area contributed by atoms with Gasteiger partial charge in [0.2, 0.25) is 0 Å². The zero-order valence-electron chi connectivity index (χ0n) is 12.1. The molecule has 0 radical (unpaired) electrons. The molecule has 1 aromatic heterocycles. The van der Waals surface area contributed by atoms with Crippen molar-refractivity contribution in [2.24, 2.45) is 0 Å². The summed E-state index contributed by atoms with van der Waals surface area (Å²) >= 11 is 11.9. The quantitative estimate of drug-likeness (QED) is 0.919. The van der Waals surface area contributed by atoms with E-state index in [0.29, 0.717) is 34.8 Å². The molecule has 1 saturated heterocycles. The van der Waals surface area contributed by atoms with Gasteiger partial charge < -0.3 is 15.0 Å². The van der Waals surface area contributed by atoms with Gasteiger partial charge in [0.1, 0.15) is 17.8 Å². The molecule has 2 aromatic rings. The smallest absolute Gasteiger partial charge is 0.274 e. The number of rotatable bonds is 3. The highest BCUT2D eigenvalue weighted by atomic mass is 35.5. The van der Waals surface area contributed by atoms with Crippen LogP contribution in [0.15, 0.2) is 30.6 Å². The van der Waals surface area contributed by atoms with Crippen LogP contribution in [0.25, 0.3) is 0 Å². The summed E-state index contributed by atoms with van der Waals surface area (Å²) in [7, 11) is 0. The predicted octanol–water partition coefficient (Wildman–Crippen LogP) is 2.87. The standard InChI is InChI=1S/C15H14Cl2N4O2/c16-10-1-2-12(11(17)7-10)20-15(22)13-8-14(19-9-18-13)21-3-5-23-6-4-21/h1-2,7-9H,3-6H2,(H,20,22). The summed E-state index contributed by atoms with van der Waals surface area (Å²) in [5.41, 5.74) is 0.750. The second-order valence-corrected chi connectivity index (χ2v) is 5.78. The second kappa shape index (κ2) is 7.12. The molecule has 0 spiro atoms. The molecule has 0 bridgehead atoms. The Hall–Kier alpha value is -1.89. The van der Waals surface area contributed by atoms with E-state index in [0.717, 1.165) is 13.1 Å². The van der Waals surface area contributed by atoms with Crippen LogP contribution in [0.3, 0.4) is 0 Å². The molecular formula is C15H14Cl2N4O2. The Bertz CT molecular complexity index is 720. The van der Waals surface area contributed by atoms with Crippen LogP contribution in [0.2, 0.25) is 10.0 Å². The van der Waals surface area contributed by atoms with Crippen LogP contribution in [-0.2, 0) is 4.74 Å². The van der Waals surface area contributed by atoms with Gasteiger partial charge in [0.15, 0.2) is 0 Å². The van der Waals surface area contributed by atoms with Crippen LogP contribution >= 0.6 is 23.2 Å². The minimum Gasteiger partial charge on any atom is -0.378 e. The number of amides is 1. The zero-order chi connectivity index (χ0) is 16.2. The molecule has 0 unspecified atom stereocenters. The van der Waals surface area contributed by atoms with E-state index in [1.165, 1.54) is 6.33 Å². The minimum atomic E-state index is -0.355. The summed E-state index contributed by atoms with van der Waals surface area (Å²) in [5.74, 6) is 0.349. The third-order valence-electron chi connectivity index (χ3n) is 3.40. The van der Waals surface area contributed by atoms with Crippen molar-refractivity contribution in [3.8, 4) is 0 Å². The SMILES string of the molecule is O=C(Nc1ccc(Cl)cc1Cl)c1cc(N2CCOCC2)ncn1. The van der Waals surface area contributed by atoms with Crippen LogP contribution in [0.1, 0.15) is 10.5 Å². The monoisotopic (exact) mass is 352 g/mol. The molecule has 3 rings (SSSR count). The lowest BCUT2D eigenvalue weighted by molar-refractivity contribution is 0.102. The predicted molar refractivity (Wildman–Crippen MR) is 89.5 cm³/mol. The van der Waals surface area contributed by atoms with Gasteiger partial charge in [0.25, 0.3) is 5.91 Å². The van der Waals surface area contributed by atoms with Crippen molar-refractivity contribution in [1.82, 2.24) is 9.97 Å². The van der Waals surface area contributed by atoms with Crippen molar-refractivity contribution < 1.29 is 9.53 Å². The van der Waals surface area contributed by atoms with Crippen LogP contribution in [0.4, 0.5) is 11.5 Å². The first-order chi connectivity index (χ1) is 11.1. The molecule has 0 atom stereocenters. The number of ether oxygens (including phenoxy) is 1. The Balaban J connectivity index is 1.76. The van der Waals surface area contributed by atoms with Crippen LogP contribution < -0.4 is 10.2 Å². The van der Waals surface area contributed by atoms with Gasteiger partial charge >= 0.3 is 0 Å². The van der Waals surface area contributed by atoms with Crippen molar-refractivity contribution >= 4 is 40.6 Å². The summed E-state index contributed by atoms with van der Waals surface area (Å²) in [6.45, 7) is 2.76. The topological polar surface area (TPSA) is 67.4 Å². The molecular weight excluding hydrogens is 339 g/mol. The average molecular weight is 353 g/mol. The third-order valence-corrected chi connectivity index (χ3v) is 3.95. The van der Waals surface area contributed by atoms with Crippen molar-refractivity contribution in [2.45, 2.75) is 0 Å². The number of carbonyl (C=O) groups excluding carboxylic acids is 1. The lowest BCUT2D eigenvalue weighted by Gasteiger charge is -2.27. The number of hydrogen-bond acceptors (Lipinski definition) is 5. The molecule has 1 aliphatic rings. The van der Waals surface area contributed by atoms with Gasteiger partial charge in [-0.05, 0) is 18.2 Å². The van der Waals surface area contributed by atoms with E-state index < -0.39 is 0 Å². The molecule has 1 fully saturated rings. The zero-order valence-corrected chi connectivity index (χ0v) is 13.6. The molecule has 0 aliphatic carbocycles. The average Bonchev–Trinajstić information content (AvgIpc) is 2.58. The number of anilines is 2. The summed E-state index contributed by atoms with van der Waals surface area (Å²) in [6, 6.07) is 6.52. The Labute approximate surface area is 143 Å². The fraction of sp³-hybridized carbons (Fsp3) is 0.267. The molecule has 1 aromatic carbocycles. The summed E-state index contributed by atoms with van der Waals surface area (Å²) in [5, 5.41) is 3.59. The summed E-state index contributed by atoms with van der Waals surface area (Å²) < 4.78 is 5.31. The number of halogens is 2. The lowest BCUT2D eigenvalue weighted by atomic mass is 10.3. The minimum absolute atomic E-state index is 0.271. The number of nitrogens with one attached hydrogen (secondary N) is 1. The number of hydrogen-bond donors (Lipinski definition) is 1.